The molecule has 0 saturated carbocycles. The highest BCUT2D eigenvalue weighted by Crippen LogP contribution is 2.17. The molecule has 21 heavy (non-hydrogen) atoms. The maximum atomic E-state index is 9.30. The highest BCUT2D eigenvalue weighted by atomic mass is 16.3. The van der Waals surface area contributed by atoms with Crippen molar-refractivity contribution in [3.63, 3.8) is 0 Å². The van der Waals surface area contributed by atoms with Gasteiger partial charge in [0.2, 0.25) is 0 Å². The van der Waals surface area contributed by atoms with E-state index >= 15 is 0 Å². The van der Waals surface area contributed by atoms with Gasteiger partial charge in [0.05, 0.1) is 6.61 Å². The zero-order valence-corrected chi connectivity index (χ0v) is 12.4. The molecule has 2 aromatic carbocycles. The monoisotopic (exact) mass is 284 g/mol. The number of aliphatic hydroxyl groups excluding tert-OH is 1. The number of nitrogens with two attached hydrogens (primary N) is 1. The van der Waals surface area contributed by atoms with Crippen LogP contribution >= 0.6 is 0 Å². The molecule has 0 saturated heterocycles. The van der Waals surface area contributed by atoms with Gasteiger partial charge in [-0.15, -0.1) is 0 Å². The molecule has 0 aliphatic rings. The minimum atomic E-state index is 0.166. The Kier molecular flexibility index (Phi) is 6.41. The number of aliphatic hydroxyl groups is 1. The third-order valence-electron chi connectivity index (χ3n) is 3.70. The predicted octanol–water partition coefficient (Wildman–Crippen LogP) is 2.22. The van der Waals surface area contributed by atoms with Crippen molar-refractivity contribution in [2.24, 2.45) is 5.73 Å². The fourth-order valence-electron chi connectivity index (χ4n) is 2.57. The molecule has 0 aliphatic carbocycles. The van der Waals surface area contributed by atoms with Crippen LogP contribution in [0.4, 0.5) is 0 Å². The molecule has 1 unspecified atom stereocenters. The highest BCUT2D eigenvalue weighted by molar-refractivity contribution is 5.20. The van der Waals surface area contributed by atoms with E-state index in [1.54, 1.807) is 0 Å². The molecule has 0 amide bonds. The third-order valence-corrected chi connectivity index (χ3v) is 3.70. The van der Waals surface area contributed by atoms with Gasteiger partial charge in [-0.25, -0.2) is 0 Å². The second-order valence-corrected chi connectivity index (χ2v) is 5.29. The first kappa shape index (κ1) is 15.7. The van der Waals surface area contributed by atoms with Gasteiger partial charge >= 0.3 is 0 Å². The first-order chi connectivity index (χ1) is 10.3. The molecule has 0 bridgehead atoms. The molecule has 3 N–H and O–H groups in total. The zero-order chi connectivity index (χ0) is 14.9. The van der Waals surface area contributed by atoms with Crippen LogP contribution in [-0.2, 0) is 6.54 Å². The van der Waals surface area contributed by atoms with Gasteiger partial charge < -0.3 is 10.8 Å². The molecule has 0 aromatic heterocycles. The van der Waals surface area contributed by atoms with Crippen molar-refractivity contribution in [1.82, 2.24) is 4.90 Å². The summed E-state index contributed by atoms with van der Waals surface area (Å²) >= 11 is 0. The Morgan fingerprint density at radius 3 is 2.14 bits per heavy atom. The van der Waals surface area contributed by atoms with E-state index < -0.39 is 0 Å². The molecule has 2 rings (SSSR count). The summed E-state index contributed by atoms with van der Waals surface area (Å²) in [7, 11) is 0. The Labute approximate surface area is 127 Å². The van der Waals surface area contributed by atoms with Crippen molar-refractivity contribution in [2.75, 3.05) is 26.2 Å². The Morgan fingerprint density at radius 2 is 1.57 bits per heavy atom. The van der Waals surface area contributed by atoms with Gasteiger partial charge in [0.1, 0.15) is 0 Å². The van der Waals surface area contributed by atoms with Gasteiger partial charge in [-0.2, -0.15) is 0 Å². The van der Waals surface area contributed by atoms with Crippen LogP contribution in [-0.4, -0.2) is 36.2 Å². The molecule has 0 fully saturated rings. The lowest BCUT2D eigenvalue weighted by atomic mass is 9.98. The second-order valence-electron chi connectivity index (χ2n) is 5.29. The summed E-state index contributed by atoms with van der Waals surface area (Å²) in [5.74, 6) is 0.293. The molecular formula is C18H24N2O. The van der Waals surface area contributed by atoms with E-state index in [9.17, 15) is 5.11 Å². The van der Waals surface area contributed by atoms with Crippen LogP contribution < -0.4 is 5.73 Å². The van der Waals surface area contributed by atoms with Crippen LogP contribution in [0.1, 0.15) is 17.0 Å². The third kappa shape index (κ3) is 4.97. The number of rotatable bonds is 8. The first-order valence-electron chi connectivity index (χ1n) is 7.45. The van der Waals surface area contributed by atoms with E-state index in [4.69, 9.17) is 5.73 Å². The standard InChI is InChI=1S/C18H24N2O/c19-13-18(17-9-5-2-6-10-17)15-20(11-12-21)14-16-7-3-1-4-8-16/h1-10,18,21H,11-15,19H2. The number of hydrogen-bond acceptors (Lipinski definition) is 3. The van der Waals surface area contributed by atoms with E-state index in [1.165, 1.54) is 11.1 Å². The van der Waals surface area contributed by atoms with Crippen molar-refractivity contribution in [3.05, 3.63) is 71.8 Å². The Morgan fingerprint density at radius 1 is 0.952 bits per heavy atom. The molecule has 3 heteroatoms. The predicted molar refractivity (Wildman–Crippen MR) is 87.0 cm³/mol. The van der Waals surface area contributed by atoms with Crippen molar-refractivity contribution in [2.45, 2.75) is 12.5 Å². The normalized spacial score (nSPS) is 12.5. The zero-order valence-electron chi connectivity index (χ0n) is 12.4. The maximum Gasteiger partial charge on any atom is 0.0558 e. The minimum absolute atomic E-state index is 0.166. The number of nitrogens with zero attached hydrogens (tertiary/aromatic N) is 1. The molecule has 1 atom stereocenters. The van der Waals surface area contributed by atoms with Gasteiger partial charge in [0.15, 0.2) is 0 Å². The Hall–Kier alpha value is -1.68. The van der Waals surface area contributed by atoms with Crippen LogP contribution in [0.15, 0.2) is 60.7 Å². The largest absolute Gasteiger partial charge is 0.395 e. The quantitative estimate of drug-likeness (QED) is 0.781. The summed E-state index contributed by atoms with van der Waals surface area (Å²) < 4.78 is 0. The van der Waals surface area contributed by atoms with Crippen LogP contribution in [0, 0.1) is 0 Å². The second kappa shape index (κ2) is 8.57. The summed E-state index contributed by atoms with van der Waals surface area (Å²) in [6, 6.07) is 20.7. The van der Waals surface area contributed by atoms with Crippen molar-refractivity contribution in [3.8, 4) is 0 Å². The SMILES string of the molecule is NCC(CN(CCO)Cc1ccccc1)c1ccccc1. The van der Waals surface area contributed by atoms with Crippen molar-refractivity contribution in [1.29, 1.82) is 0 Å². The topological polar surface area (TPSA) is 49.5 Å². The molecule has 3 nitrogen and oxygen atoms in total. The lowest BCUT2D eigenvalue weighted by molar-refractivity contribution is 0.182. The summed E-state index contributed by atoms with van der Waals surface area (Å²) in [5.41, 5.74) is 8.47. The van der Waals surface area contributed by atoms with E-state index in [0.29, 0.717) is 19.0 Å². The summed E-state index contributed by atoms with van der Waals surface area (Å²) in [5, 5.41) is 9.30. The average Bonchev–Trinajstić information content (AvgIpc) is 2.54. The molecule has 0 heterocycles. The van der Waals surface area contributed by atoms with Crippen LogP contribution in [0.25, 0.3) is 0 Å². The van der Waals surface area contributed by atoms with Gasteiger partial charge in [-0.05, 0) is 11.1 Å². The lowest BCUT2D eigenvalue weighted by Crippen LogP contribution is -2.33. The number of benzene rings is 2. The van der Waals surface area contributed by atoms with Crippen LogP contribution in [0.5, 0.6) is 0 Å². The summed E-state index contributed by atoms with van der Waals surface area (Å²) in [6.45, 7) is 3.14. The fraction of sp³-hybridized carbons (Fsp3) is 0.333. The fourth-order valence-corrected chi connectivity index (χ4v) is 2.57. The van der Waals surface area contributed by atoms with Gasteiger partial charge in [-0.1, -0.05) is 60.7 Å². The molecule has 0 spiro atoms. The van der Waals surface area contributed by atoms with Gasteiger partial charge in [0, 0.05) is 32.1 Å². The van der Waals surface area contributed by atoms with Crippen molar-refractivity contribution >= 4 is 0 Å². The summed E-state index contributed by atoms with van der Waals surface area (Å²) in [6.07, 6.45) is 0. The summed E-state index contributed by atoms with van der Waals surface area (Å²) in [4.78, 5) is 2.26. The van der Waals surface area contributed by atoms with Crippen molar-refractivity contribution < 1.29 is 5.11 Å². The van der Waals surface area contributed by atoms with E-state index in [0.717, 1.165) is 13.1 Å². The molecule has 0 aliphatic heterocycles. The van der Waals surface area contributed by atoms with Gasteiger partial charge in [-0.3, -0.25) is 4.90 Å². The van der Waals surface area contributed by atoms with E-state index in [1.807, 2.05) is 36.4 Å². The Bertz CT molecular complexity index is 501. The molecule has 112 valence electrons. The highest BCUT2D eigenvalue weighted by Gasteiger charge is 2.14. The molecule has 2 aromatic rings. The average molecular weight is 284 g/mol. The van der Waals surface area contributed by atoms with E-state index in [2.05, 4.69) is 29.2 Å². The number of hydrogen-bond donors (Lipinski definition) is 2. The van der Waals surface area contributed by atoms with E-state index in [-0.39, 0.29) is 6.61 Å². The van der Waals surface area contributed by atoms with Crippen LogP contribution in [0.2, 0.25) is 0 Å². The van der Waals surface area contributed by atoms with Gasteiger partial charge in [0.25, 0.3) is 0 Å². The molecular weight excluding hydrogens is 260 g/mol. The minimum Gasteiger partial charge on any atom is -0.395 e. The smallest absolute Gasteiger partial charge is 0.0558 e. The lowest BCUT2D eigenvalue weighted by Gasteiger charge is -2.26. The molecule has 0 radical (unpaired) electrons. The Balaban J connectivity index is 2.04. The first-order valence-corrected chi connectivity index (χ1v) is 7.45. The van der Waals surface area contributed by atoms with Crippen LogP contribution in [0.3, 0.4) is 0 Å². The maximum absolute atomic E-state index is 9.30.